The lowest BCUT2D eigenvalue weighted by Crippen LogP contribution is -2.27. The lowest BCUT2D eigenvalue weighted by molar-refractivity contribution is -0.117. The standard InChI is InChI=1S/C19H19ClN4O2/c1-24-11-10-17(23-24)22-18(13-6-4-3-5-7-13)19(25)21-14-8-9-16(26-2)15(20)12-14/h3-12,18H,1-2H3,(H,21,25)(H,22,23)/t18-/m1/s1. The number of nitrogens with one attached hydrogen (secondary N) is 2. The SMILES string of the molecule is COc1ccc(NC(=O)[C@H](Nc2ccn(C)n2)c2ccccc2)cc1Cl. The number of aromatic nitrogens is 2. The second-order valence-corrected chi connectivity index (χ2v) is 6.11. The highest BCUT2D eigenvalue weighted by Crippen LogP contribution is 2.28. The number of hydrogen-bond acceptors (Lipinski definition) is 4. The van der Waals surface area contributed by atoms with Crippen LogP contribution in [0.5, 0.6) is 5.75 Å². The van der Waals surface area contributed by atoms with Crippen LogP contribution >= 0.6 is 11.6 Å². The zero-order chi connectivity index (χ0) is 18.5. The van der Waals surface area contributed by atoms with E-state index in [1.807, 2.05) is 49.6 Å². The van der Waals surface area contributed by atoms with Gasteiger partial charge in [-0.05, 0) is 23.8 Å². The quantitative estimate of drug-likeness (QED) is 0.691. The molecular weight excluding hydrogens is 352 g/mol. The molecule has 0 saturated carbocycles. The number of nitrogens with zero attached hydrogens (tertiary/aromatic N) is 2. The first-order valence-corrected chi connectivity index (χ1v) is 8.40. The third-order valence-electron chi connectivity index (χ3n) is 3.82. The Balaban J connectivity index is 1.83. The van der Waals surface area contributed by atoms with E-state index < -0.39 is 6.04 Å². The van der Waals surface area contributed by atoms with Crippen molar-refractivity contribution in [1.29, 1.82) is 0 Å². The molecule has 7 heteroatoms. The molecule has 0 unspecified atom stereocenters. The minimum atomic E-state index is -0.605. The maximum Gasteiger partial charge on any atom is 0.251 e. The van der Waals surface area contributed by atoms with Crippen LogP contribution in [0, 0.1) is 0 Å². The summed E-state index contributed by atoms with van der Waals surface area (Å²) in [6.45, 7) is 0. The Hall–Kier alpha value is -2.99. The number of methoxy groups -OCH3 is 1. The zero-order valence-electron chi connectivity index (χ0n) is 14.4. The number of ether oxygens (including phenoxy) is 1. The molecule has 0 aliphatic rings. The number of hydrogen-bond donors (Lipinski definition) is 2. The first kappa shape index (κ1) is 17.8. The predicted molar refractivity (Wildman–Crippen MR) is 103 cm³/mol. The van der Waals surface area contributed by atoms with Gasteiger partial charge in [0.15, 0.2) is 0 Å². The largest absolute Gasteiger partial charge is 0.495 e. The molecule has 6 nitrogen and oxygen atoms in total. The van der Waals surface area contributed by atoms with E-state index in [1.165, 1.54) is 0 Å². The zero-order valence-corrected chi connectivity index (χ0v) is 15.2. The molecule has 1 amide bonds. The molecule has 0 fully saturated rings. The lowest BCUT2D eigenvalue weighted by atomic mass is 10.1. The maximum absolute atomic E-state index is 12.9. The van der Waals surface area contributed by atoms with Crippen molar-refractivity contribution in [2.24, 2.45) is 7.05 Å². The summed E-state index contributed by atoms with van der Waals surface area (Å²) < 4.78 is 6.81. The fourth-order valence-electron chi connectivity index (χ4n) is 2.54. The van der Waals surface area contributed by atoms with Gasteiger partial charge >= 0.3 is 0 Å². The molecule has 26 heavy (non-hydrogen) atoms. The first-order valence-electron chi connectivity index (χ1n) is 8.02. The number of amides is 1. The monoisotopic (exact) mass is 370 g/mol. The molecular formula is C19H19ClN4O2. The summed E-state index contributed by atoms with van der Waals surface area (Å²) in [4.78, 5) is 12.9. The Labute approximate surface area is 156 Å². The van der Waals surface area contributed by atoms with Gasteiger partial charge in [-0.15, -0.1) is 0 Å². The number of carbonyl (C=O) groups is 1. The van der Waals surface area contributed by atoms with Gasteiger partial charge in [0.05, 0.1) is 12.1 Å². The summed E-state index contributed by atoms with van der Waals surface area (Å²) in [6, 6.07) is 15.8. The molecule has 3 aromatic rings. The lowest BCUT2D eigenvalue weighted by Gasteiger charge is -2.19. The van der Waals surface area contributed by atoms with E-state index in [0.717, 1.165) is 5.56 Å². The van der Waals surface area contributed by atoms with E-state index in [9.17, 15) is 4.79 Å². The van der Waals surface area contributed by atoms with E-state index in [-0.39, 0.29) is 5.91 Å². The number of anilines is 2. The number of benzene rings is 2. The molecule has 0 saturated heterocycles. The summed E-state index contributed by atoms with van der Waals surface area (Å²) in [5.41, 5.74) is 1.42. The summed E-state index contributed by atoms with van der Waals surface area (Å²) in [7, 11) is 3.36. The molecule has 1 aromatic heterocycles. The second kappa shape index (κ2) is 7.93. The smallest absolute Gasteiger partial charge is 0.251 e. The van der Waals surface area contributed by atoms with Crippen LogP contribution in [0.3, 0.4) is 0 Å². The fourth-order valence-corrected chi connectivity index (χ4v) is 2.80. The van der Waals surface area contributed by atoms with Gasteiger partial charge in [0.25, 0.3) is 5.91 Å². The van der Waals surface area contributed by atoms with Crippen molar-refractivity contribution < 1.29 is 9.53 Å². The highest BCUT2D eigenvalue weighted by atomic mass is 35.5. The molecule has 3 rings (SSSR count). The van der Waals surface area contributed by atoms with Crippen LogP contribution in [-0.2, 0) is 11.8 Å². The summed E-state index contributed by atoms with van der Waals surface area (Å²) in [6.07, 6.45) is 1.81. The molecule has 0 aliphatic heterocycles. The van der Waals surface area contributed by atoms with Crippen LogP contribution in [0.25, 0.3) is 0 Å². The Morgan fingerprint density at radius 1 is 1.19 bits per heavy atom. The molecule has 0 spiro atoms. The van der Waals surface area contributed by atoms with Crippen molar-refractivity contribution in [1.82, 2.24) is 9.78 Å². The van der Waals surface area contributed by atoms with Crippen molar-refractivity contribution in [3.05, 3.63) is 71.4 Å². The van der Waals surface area contributed by atoms with Gasteiger partial charge in [0.1, 0.15) is 17.6 Å². The van der Waals surface area contributed by atoms with Crippen LogP contribution in [0.15, 0.2) is 60.8 Å². The highest BCUT2D eigenvalue weighted by Gasteiger charge is 2.21. The predicted octanol–water partition coefficient (Wildman–Crippen LogP) is 3.87. The normalized spacial score (nSPS) is 11.7. The minimum absolute atomic E-state index is 0.219. The number of aryl methyl sites for hydroxylation is 1. The van der Waals surface area contributed by atoms with Gasteiger partial charge in [-0.25, -0.2) is 0 Å². The van der Waals surface area contributed by atoms with Crippen molar-refractivity contribution >= 4 is 29.0 Å². The first-order chi connectivity index (χ1) is 12.6. The van der Waals surface area contributed by atoms with Crippen molar-refractivity contribution in [2.75, 3.05) is 17.7 Å². The molecule has 1 atom stereocenters. The topological polar surface area (TPSA) is 68.2 Å². The van der Waals surface area contributed by atoms with Gasteiger partial charge < -0.3 is 15.4 Å². The molecule has 134 valence electrons. The van der Waals surface area contributed by atoms with Gasteiger partial charge in [-0.1, -0.05) is 41.9 Å². The van der Waals surface area contributed by atoms with Crippen molar-refractivity contribution in [3.63, 3.8) is 0 Å². The minimum Gasteiger partial charge on any atom is -0.495 e. The summed E-state index contributed by atoms with van der Waals surface area (Å²) >= 11 is 6.14. The average molecular weight is 371 g/mol. The average Bonchev–Trinajstić information content (AvgIpc) is 3.05. The van der Waals surface area contributed by atoms with E-state index in [1.54, 1.807) is 30.0 Å². The Bertz CT molecular complexity index is 896. The van der Waals surface area contributed by atoms with Crippen LogP contribution in [0.4, 0.5) is 11.5 Å². The Kier molecular flexibility index (Phi) is 5.43. The number of rotatable bonds is 6. The van der Waals surface area contributed by atoms with Crippen LogP contribution in [-0.4, -0.2) is 22.8 Å². The number of halogens is 1. The molecule has 0 aliphatic carbocycles. The Morgan fingerprint density at radius 2 is 1.96 bits per heavy atom. The highest BCUT2D eigenvalue weighted by molar-refractivity contribution is 6.32. The Morgan fingerprint density at radius 3 is 2.58 bits per heavy atom. The van der Waals surface area contributed by atoms with E-state index >= 15 is 0 Å². The molecule has 1 heterocycles. The molecule has 2 N–H and O–H groups in total. The summed E-state index contributed by atoms with van der Waals surface area (Å²) in [5, 5.41) is 10.8. The third kappa shape index (κ3) is 4.15. The van der Waals surface area contributed by atoms with Crippen molar-refractivity contribution in [3.8, 4) is 5.75 Å². The van der Waals surface area contributed by atoms with Gasteiger partial charge in [0.2, 0.25) is 0 Å². The van der Waals surface area contributed by atoms with Crippen LogP contribution in [0.2, 0.25) is 5.02 Å². The van der Waals surface area contributed by atoms with Crippen molar-refractivity contribution in [2.45, 2.75) is 6.04 Å². The molecule has 2 aromatic carbocycles. The van der Waals surface area contributed by atoms with Crippen LogP contribution in [0.1, 0.15) is 11.6 Å². The summed E-state index contributed by atoms with van der Waals surface area (Å²) in [5.74, 6) is 0.947. The van der Waals surface area contributed by atoms with Gasteiger partial charge in [-0.3, -0.25) is 9.48 Å². The third-order valence-corrected chi connectivity index (χ3v) is 4.12. The fraction of sp³-hybridized carbons (Fsp3) is 0.158. The number of carbonyl (C=O) groups excluding carboxylic acids is 1. The second-order valence-electron chi connectivity index (χ2n) is 5.70. The molecule has 0 radical (unpaired) electrons. The van der Waals surface area contributed by atoms with Crippen LogP contribution < -0.4 is 15.4 Å². The van der Waals surface area contributed by atoms with E-state index in [4.69, 9.17) is 16.3 Å². The van der Waals surface area contributed by atoms with E-state index in [2.05, 4.69) is 15.7 Å². The van der Waals surface area contributed by atoms with E-state index in [0.29, 0.717) is 22.3 Å². The maximum atomic E-state index is 12.9. The van der Waals surface area contributed by atoms with Gasteiger partial charge in [0, 0.05) is 25.0 Å². The van der Waals surface area contributed by atoms with Gasteiger partial charge in [-0.2, -0.15) is 5.10 Å². The molecule has 0 bridgehead atoms.